The van der Waals surface area contributed by atoms with Crippen LogP contribution in [-0.4, -0.2) is 24.8 Å². The molecule has 0 bridgehead atoms. The van der Waals surface area contributed by atoms with E-state index in [1.54, 1.807) is 0 Å². The summed E-state index contributed by atoms with van der Waals surface area (Å²) in [5.74, 6) is 0.676. The maximum absolute atomic E-state index is 6.34. The average Bonchev–Trinajstić information content (AvgIpc) is 3.41. The van der Waals surface area contributed by atoms with Crippen LogP contribution in [0.25, 0.3) is 0 Å². The van der Waals surface area contributed by atoms with Gasteiger partial charge in [0.2, 0.25) is 0 Å². The third kappa shape index (κ3) is 3.99. The van der Waals surface area contributed by atoms with E-state index < -0.39 is 0 Å². The zero-order valence-corrected chi connectivity index (χ0v) is 15.5. The molecule has 0 heterocycles. The largest absolute Gasteiger partial charge is 0.366 e. The zero-order chi connectivity index (χ0) is 17.1. The van der Waals surface area contributed by atoms with E-state index in [1.165, 1.54) is 35.1 Å². The molecule has 0 radical (unpaired) electrons. The summed E-state index contributed by atoms with van der Waals surface area (Å²) in [6.45, 7) is 5.27. The first-order valence-corrected chi connectivity index (χ1v) is 9.07. The standard InChI is InChI=1S/C21H25ClN2/c1-4-24(3)14-23-21-11-15(2)18(13-19(21)16-9-10-16)12-17-7-5-6-8-20(17)22/h5-8,11,13-14,16H,4,9-10,12H2,1-3H3. The van der Waals surface area contributed by atoms with Crippen molar-refractivity contribution in [3.05, 3.63) is 63.7 Å². The third-order valence-corrected chi connectivity index (χ3v) is 5.10. The topological polar surface area (TPSA) is 15.6 Å². The molecule has 2 aromatic rings. The summed E-state index contributed by atoms with van der Waals surface area (Å²) in [6, 6.07) is 12.7. The van der Waals surface area contributed by atoms with Crippen LogP contribution in [0.5, 0.6) is 0 Å². The Bertz CT molecular complexity index is 747. The molecule has 126 valence electrons. The monoisotopic (exact) mass is 340 g/mol. The number of aryl methyl sites for hydroxylation is 1. The lowest BCUT2D eigenvalue weighted by molar-refractivity contribution is 0.552. The number of hydrogen-bond acceptors (Lipinski definition) is 1. The maximum Gasteiger partial charge on any atom is 0.0909 e. The van der Waals surface area contributed by atoms with Crippen LogP contribution in [0.15, 0.2) is 41.4 Å². The molecule has 1 aliphatic carbocycles. The predicted molar refractivity (Wildman–Crippen MR) is 104 cm³/mol. The molecule has 0 amide bonds. The second-order valence-corrected chi connectivity index (χ2v) is 7.10. The van der Waals surface area contributed by atoms with E-state index in [-0.39, 0.29) is 0 Å². The fourth-order valence-corrected chi connectivity index (χ4v) is 3.07. The highest BCUT2D eigenvalue weighted by atomic mass is 35.5. The second kappa shape index (κ2) is 7.40. The smallest absolute Gasteiger partial charge is 0.0909 e. The predicted octanol–water partition coefficient (Wildman–Crippen LogP) is 5.73. The van der Waals surface area contributed by atoms with Gasteiger partial charge >= 0.3 is 0 Å². The number of rotatable bonds is 6. The van der Waals surface area contributed by atoms with Crippen molar-refractivity contribution in [1.29, 1.82) is 0 Å². The minimum absolute atomic E-state index is 0.676. The van der Waals surface area contributed by atoms with Gasteiger partial charge in [0.15, 0.2) is 0 Å². The fraction of sp³-hybridized carbons (Fsp3) is 0.381. The fourth-order valence-electron chi connectivity index (χ4n) is 2.87. The number of benzene rings is 2. The Morgan fingerprint density at radius 3 is 2.62 bits per heavy atom. The van der Waals surface area contributed by atoms with Crippen molar-refractivity contribution in [3.63, 3.8) is 0 Å². The van der Waals surface area contributed by atoms with E-state index in [9.17, 15) is 0 Å². The molecule has 2 aromatic carbocycles. The molecule has 0 N–H and O–H groups in total. The van der Waals surface area contributed by atoms with Gasteiger partial charge in [-0.2, -0.15) is 0 Å². The van der Waals surface area contributed by atoms with Gasteiger partial charge in [0.1, 0.15) is 0 Å². The first-order chi connectivity index (χ1) is 11.6. The van der Waals surface area contributed by atoms with Gasteiger partial charge in [-0.05, 0) is 73.4 Å². The number of nitrogens with zero attached hydrogens (tertiary/aromatic N) is 2. The lowest BCUT2D eigenvalue weighted by Gasteiger charge is -2.14. The highest BCUT2D eigenvalue weighted by Crippen LogP contribution is 2.45. The molecule has 1 fully saturated rings. The highest BCUT2D eigenvalue weighted by Gasteiger charge is 2.27. The summed E-state index contributed by atoms with van der Waals surface area (Å²) in [4.78, 5) is 6.84. The Balaban J connectivity index is 1.93. The van der Waals surface area contributed by atoms with Crippen LogP contribution in [0.2, 0.25) is 5.02 Å². The third-order valence-electron chi connectivity index (χ3n) is 4.73. The van der Waals surface area contributed by atoms with E-state index in [1.807, 2.05) is 18.5 Å². The maximum atomic E-state index is 6.34. The van der Waals surface area contributed by atoms with Crippen molar-refractivity contribution in [3.8, 4) is 0 Å². The first kappa shape index (κ1) is 17.0. The zero-order valence-electron chi connectivity index (χ0n) is 14.7. The minimum Gasteiger partial charge on any atom is -0.366 e. The van der Waals surface area contributed by atoms with Crippen LogP contribution < -0.4 is 0 Å². The molecule has 0 aromatic heterocycles. The quantitative estimate of drug-likeness (QED) is 0.484. The molecule has 0 atom stereocenters. The van der Waals surface area contributed by atoms with Crippen LogP contribution in [0, 0.1) is 6.92 Å². The van der Waals surface area contributed by atoms with Crippen molar-refractivity contribution in [2.24, 2.45) is 4.99 Å². The van der Waals surface area contributed by atoms with Gasteiger partial charge in [-0.25, -0.2) is 4.99 Å². The van der Waals surface area contributed by atoms with Gasteiger partial charge in [-0.15, -0.1) is 0 Å². The van der Waals surface area contributed by atoms with E-state index >= 15 is 0 Å². The van der Waals surface area contributed by atoms with Gasteiger partial charge in [0.05, 0.1) is 12.0 Å². The van der Waals surface area contributed by atoms with Crippen molar-refractivity contribution >= 4 is 23.6 Å². The molecular weight excluding hydrogens is 316 g/mol. The van der Waals surface area contributed by atoms with Crippen molar-refractivity contribution in [2.45, 2.75) is 39.0 Å². The molecule has 0 aliphatic heterocycles. The van der Waals surface area contributed by atoms with Crippen LogP contribution in [-0.2, 0) is 6.42 Å². The number of halogens is 1. The van der Waals surface area contributed by atoms with Gasteiger partial charge in [0.25, 0.3) is 0 Å². The van der Waals surface area contributed by atoms with Gasteiger partial charge in [0, 0.05) is 18.6 Å². The molecule has 24 heavy (non-hydrogen) atoms. The van der Waals surface area contributed by atoms with Crippen LogP contribution in [0.3, 0.4) is 0 Å². The molecule has 1 saturated carbocycles. The molecule has 0 spiro atoms. The Morgan fingerprint density at radius 2 is 1.96 bits per heavy atom. The summed E-state index contributed by atoms with van der Waals surface area (Å²) in [5.41, 5.74) is 6.34. The molecule has 2 nitrogen and oxygen atoms in total. The van der Waals surface area contributed by atoms with Gasteiger partial charge < -0.3 is 4.90 Å². The number of aliphatic imine (C=N–C) groups is 1. The average molecular weight is 341 g/mol. The van der Waals surface area contributed by atoms with Crippen molar-refractivity contribution < 1.29 is 0 Å². The molecule has 1 aliphatic rings. The van der Waals surface area contributed by atoms with E-state index in [2.05, 4.69) is 50.1 Å². The van der Waals surface area contributed by atoms with Crippen LogP contribution >= 0.6 is 11.6 Å². The summed E-state index contributed by atoms with van der Waals surface area (Å²) in [6.07, 6.45) is 5.37. The Hall–Kier alpha value is -1.80. The molecule has 0 saturated heterocycles. The summed E-state index contributed by atoms with van der Waals surface area (Å²) in [5, 5.41) is 0.844. The molecule has 3 heteroatoms. The van der Waals surface area contributed by atoms with E-state index in [0.29, 0.717) is 5.92 Å². The van der Waals surface area contributed by atoms with Crippen molar-refractivity contribution in [1.82, 2.24) is 4.90 Å². The summed E-state index contributed by atoms with van der Waals surface area (Å²) < 4.78 is 0. The Labute approximate surface area is 150 Å². The second-order valence-electron chi connectivity index (χ2n) is 6.70. The van der Waals surface area contributed by atoms with Crippen LogP contribution in [0.1, 0.15) is 47.9 Å². The lowest BCUT2D eigenvalue weighted by atomic mass is 9.95. The first-order valence-electron chi connectivity index (χ1n) is 8.69. The molecule has 0 unspecified atom stereocenters. The van der Waals surface area contributed by atoms with Gasteiger partial charge in [-0.3, -0.25) is 0 Å². The highest BCUT2D eigenvalue weighted by molar-refractivity contribution is 6.31. The van der Waals surface area contributed by atoms with Crippen LogP contribution in [0.4, 0.5) is 5.69 Å². The normalized spacial score (nSPS) is 14.3. The van der Waals surface area contributed by atoms with E-state index in [0.717, 1.165) is 23.7 Å². The lowest BCUT2D eigenvalue weighted by Crippen LogP contribution is -2.14. The van der Waals surface area contributed by atoms with E-state index in [4.69, 9.17) is 16.6 Å². The SMILES string of the molecule is CCN(C)C=Nc1cc(C)c(Cc2ccccc2Cl)cc1C1CC1. The Morgan fingerprint density at radius 1 is 1.21 bits per heavy atom. The Kier molecular flexibility index (Phi) is 5.25. The summed E-state index contributed by atoms with van der Waals surface area (Å²) >= 11 is 6.34. The van der Waals surface area contributed by atoms with Gasteiger partial charge in [-0.1, -0.05) is 35.9 Å². The van der Waals surface area contributed by atoms with Crippen molar-refractivity contribution in [2.75, 3.05) is 13.6 Å². The minimum atomic E-state index is 0.676. The summed E-state index contributed by atoms with van der Waals surface area (Å²) in [7, 11) is 2.05. The molecule has 3 rings (SSSR count). The number of hydrogen-bond donors (Lipinski definition) is 0. The molecular formula is C21H25ClN2.